The number of rotatable bonds is 5. The molecule has 26 heavy (non-hydrogen) atoms. The van der Waals surface area contributed by atoms with Crippen LogP contribution in [0.3, 0.4) is 0 Å². The number of carboxylic acids is 1. The van der Waals surface area contributed by atoms with Crippen molar-refractivity contribution in [3.63, 3.8) is 0 Å². The molecule has 5 heteroatoms. The second-order valence-corrected chi connectivity index (χ2v) is 5.94. The van der Waals surface area contributed by atoms with Crippen molar-refractivity contribution in [2.45, 2.75) is 13.3 Å². The van der Waals surface area contributed by atoms with Crippen molar-refractivity contribution in [3.8, 4) is 5.75 Å². The van der Waals surface area contributed by atoms with Gasteiger partial charge < -0.3 is 9.84 Å². The van der Waals surface area contributed by atoms with Gasteiger partial charge in [0.25, 0.3) is 5.91 Å². The largest absolute Gasteiger partial charge is 0.497 e. The predicted molar refractivity (Wildman–Crippen MR) is 101 cm³/mol. The zero-order chi connectivity index (χ0) is 18.7. The molecule has 1 heterocycles. The summed E-state index contributed by atoms with van der Waals surface area (Å²) in [5.74, 6) is -0.547. The Balaban J connectivity index is 2.10. The van der Waals surface area contributed by atoms with Gasteiger partial charge >= 0.3 is 5.97 Å². The molecule has 5 nitrogen and oxygen atoms in total. The zero-order valence-electron chi connectivity index (χ0n) is 14.6. The average molecular weight is 349 g/mol. The van der Waals surface area contributed by atoms with Crippen LogP contribution in [-0.2, 0) is 11.2 Å². The fraction of sp³-hybridized carbons (Fsp3) is 0.143. The highest BCUT2D eigenvalue weighted by molar-refractivity contribution is 6.03. The number of hydrogen-bond acceptors (Lipinski definition) is 3. The topological polar surface area (TPSA) is 68.5 Å². The normalized spacial score (nSPS) is 11.2. The molecule has 0 aliphatic rings. The van der Waals surface area contributed by atoms with Crippen molar-refractivity contribution in [2.75, 3.05) is 7.11 Å². The second-order valence-electron chi connectivity index (χ2n) is 5.94. The summed E-state index contributed by atoms with van der Waals surface area (Å²) >= 11 is 0. The Bertz CT molecular complexity index is 1000. The van der Waals surface area contributed by atoms with E-state index in [2.05, 4.69) is 0 Å². The molecule has 0 aliphatic carbocycles. The van der Waals surface area contributed by atoms with Crippen molar-refractivity contribution in [1.82, 2.24) is 4.57 Å². The number of aromatic nitrogens is 1. The lowest BCUT2D eigenvalue weighted by molar-refractivity contribution is -0.136. The van der Waals surface area contributed by atoms with E-state index in [1.165, 1.54) is 6.08 Å². The Morgan fingerprint density at radius 2 is 1.88 bits per heavy atom. The number of nitrogens with zero attached hydrogens (tertiary/aromatic N) is 1. The highest BCUT2D eigenvalue weighted by Gasteiger charge is 2.19. The molecule has 0 radical (unpaired) electrons. The van der Waals surface area contributed by atoms with Crippen molar-refractivity contribution >= 4 is 28.9 Å². The van der Waals surface area contributed by atoms with Crippen LogP contribution in [0.2, 0.25) is 0 Å². The smallest absolute Gasteiger partial charge is 0.307 e. The van der Waals surface area contributed by atoms with E-state index in [0.29, 0.717) is 27.9 Å². The number of allylic oxidation sites excluding steroid dienone is 1. The summed E-state index contributed by atoms with van der Waals surface area (Å²) in [5.41, 5.74) is 2.83. The molecule has 0 amide bonds. The summed E-state index contributed by atoms with van der Waals surface area (Å²) in [4.78, 5) is 24.1. The fourth-order valence-corrected chi connectivity index (χ4v) is 3.05. The van der Waals surface area contributed by atoms with Gasteiger partial charge in [0.15, 0.2) is 0 Å². The van der Waals surface area contributed by atoms with Gasteiger partial charge in [-0.15, -0.1) is 0 Å². The molecule has 0 spiro atoms. The standard InChI is InChI=1S/C21H19NO4/c1-14-17(13-21(24)25)18-12-16(26-2)9-10-19(18)22(14)20(23)11-8-15-6-4-3-5-7-15/h3-12H,13H2,1-2H3,(H,24,25)/b11-8+. The summed E-state index contributed by atoms with van der Waals surface area (Å²) in [6.07, 6.45) is 3.09. The number of aliphatic carboxylic acids is 1. The minimum Gasteiger partial charge on any atom is -0.497 e. The molecule has 0 saturated heterocycles. The van der Waals surface area contributed by atoms with E-state index in [9.17, 15) is 14.7 Å². The maximum Gasteiger partial charge on any atom is 0.307 e. The molecule has 0 aliphatic heterocycles. The molecule has 0 bridgehead atoms. The van der Waals surface area contributed by atoms with Crippen molar-refractivity contribution in [1.29, 1.82) is 0 Å². The van der Waals surface area contributed by atoms with Crippen LogP contribution in [0.15, 0.2) is 54.6 Å². The van der Waals surface area contributed by atoms with Gasteiger partial charge in [0.1, 0.15) is 5.75 Å². The average Bonchev–Trinajstić information content (AvgIpc) is 2.91. The highest BCUT2D eigenvalue weighted by atomic mass is 16.5. The van der Waals surface area contributed by atoms with Gasteiger partial charge in [-0.25, -0.2) is 0 Å². The van der Waals surface area contributed by atoms with Crippen LogP contribution in [0.5, 0.6) is 5.75 Å². The third kappa shape index (κ3) is 3.37. The van der Waals surface area contributed by atoms with Gasteiger partial charge in [-0.1, -0.05) is 30.3 Å². The molecule has 0 fully saturated rings. The number of benzene rings is 2. The van der Waals surface area contributed by atoms with E-state index in [4.69, 9.17) is 4.74 Å². The first-order valence-electron chi connectivity index (χ1n) is 8.18. The number of carboxylic acid groups (broad SMARTS) is 1. The van der Waals surface area contributed by atoms with Crippen LogP contribution in [0.25, 0.3) is 17.0 Å². The molecular weight excluding hydrogens is 330 g/mol. The number of carbonyl (C=O) groups excluding carboxylic acids is 1. The first-order valence-corrected chi connectivity index (χ1v) is 8.18. The van der Waals surface area contributed by atoms with Crippen LogP contribution in [0.1, 0.15) is 21.6 Å². The Hall–Kier alpha value is -3.34. The van der Waals surface area contributed by atoms with E-state index >= 15 is 0 Å². The predicted octanol–water partition coefficient (Wildman–Crippen LogP) is 3.94. The lowest BCUT2D eigenvalue weighted by Crippen LogP contribution is -2.10. The Morgan fingerprint density at radius 1 is 1.15 bits per heavy atom. The summed E-state index contributed by atoms with van der Waals surface area (Å²) in [6.45, 7) is 1.76. The molecule has 3 rings (SSSR count). The summed E-state index contributed by atoms with van der Waals surface area (Å²) < 4.78 is 6.79. The van der Waals surface area contributed by atoms with E-state index in [1.54, 1.807) is 42.9 Å². The number of hydrogen-bond donors (Lipinski definition) is 1. The van der Waals surface area contributed by atoms with Gasteiger partial charge in [0, 0.05) is 17.2 Å². The van der Waals surface area contributed by atoms with E-state index < -0.39 is 5.97 Å². The summed E-state index contributed by atoms with van der Waals surface area (Å²) in [5, 5.41) is 9.95. The first-order chi connectivity index (χ1) is 12.5. The summed E-state index contributed by atoms with van der Waals surface area (Å²) in [6, 6.07) is 14.8. The van der Waals surface area contributed by atoms with Crippen LogP contribution in [0.4, 0.5) is 0 Å². The van der Waals surface area contributed by atoms with Crippen LogP contribution >= 0.6 is 0 Å². The van der Waals surface area contributed by atoms with Gasteiger partial charge in [-0.05, 0) is 42.3 Å². The van der Waals surface area contributed by atoms with Gasteiger partial charge in [0.2, 0.25) is 0 Å². The first kappa shape index (κ1) is 17.5. The third-order valence-electron chi connectivity index (χ3n) is 4.31. The van der Waals surface area contributed by atoms with E-state index in [0.717, 1.165) is 5.56 Å². The SMILES string of the molecule is COc1ccc2c(c1)c(CC(=O)O)c(C)n2C(=O)/C=C/c1ccccc1. The van der Waals surface area contributed by atoms with Gasteiger partial charge in [-0.3, -0.25) is 14.2 Å². The number of fused-ring (bicyclic) bond motifs is 1. The fourth-order valence-electron chi connectivity index (χ4n) is 3.05. The Kier molecular flexibility index (Phi) is 4.89. The number of carbonyl (C=O) groups is 2. The molecule has 1 N–H and O–H groups in total. The quantitative estimate of drug-likeness (QED) is 0.709. The third-order valence-corrected chi connectivity index (χ3v) is 4.31. The van der Waals surface area contributed by atoms with Crippen LogP contribution in [0, 0.1) is 6.92 Å². The maximum atomic E-state index is 12.8. The van der Waals surface area contributed by atoms with Gasteiger partial charge in [0.05, 0.1) is 19.0 Å². The number of methoxy groups -OCH3 is 1. The Labute approximate surface area is 151 Å². The lowest BCUT2D eigenvalue weighted by atomic mass is 10.1. The molecule has 0 saturated carbocycles. The van der Waals surface area contributed by atoms with E-state index in [-0.39, 0.29) is 12.3 Å². The van der Waals surface area contributed by atoms with E-state index in [1.807, 2.05) is 30.3 Å². The molecular formula is C21H19NO4. The minimum atomic E-state index is -0.942. The second kappa shape index (κ2) is 7.27. The molecule has 2 aromatic carbocycles. The van der Waals surface area contributed by atoms with Crippen molar-refractivity contribution in [3.05, 3.63) is 71.4 Å². The van der Waals surface area contributed by atoms with Gasteiger partial charge in [-0.2, -0.15) is 0 Å². The van der Waals surface area contributed by atoms with Crippen molar-refractivity contribution < 1.29 is 19.4 Å². The Morgan fingerprint density at radius 3 is 2.54 bits per heavy atom. The van der Waals surface area contributed by atoms with Crippen molar-refractivity contribution in [2.24, 2.45) is 0 Å². The molecule has 0 atom stereocenters. The van der Waals surface area contributed by atoms with Crippen LogP contribution in [-0.4, -0.2) is 28.7 Å². The monoisotopic (exact) mass is 349 g/mol. The molecule has 1 aromatic heterocycles. The number of ether oxygens (including phenoxy) is 1. The minimum absolute atomic E-state index is 0.155. The van der Waals surface area contributed by atoms with Crippen LogP contribution < -0.4 is 4.74 Å². The zero-order valence-corrected chi connectivity index (χ0v) is 14.6. The molecule has 132 valence electrons. The summed E-state index contributed by atoms with van der Waals surface area (Å²) in [7, 11) is 1.55. The molecule has 0 unspecified atom stereocenters. The molecule has 3 aromatic rings. The lowest BCUT2D eigenvalue weighted by Gasteiger charge is -2.04. The highest BCUT2D eigenvalue weighted by Crippen LogP contribution is 2.30. The maximum absolute atomic E-state index is 12.8.